The lowest BCUT2D eigenvalue weighted by Crippen LogP contribution is -2.43. The van der Waals surface area contributed by atoms with Crippen LogP contribution in [0.4, 0.5) is 0 Å². The van der Waals surface area contributed by atoms with E-state index in [9.17, 15) is 0 Å². The minimum absolute atomic E-state index is 0.647. The number of hydrogen-bond donors (Lipinski definition) is 1. The van der Waals surface area contributed by atoms with Gasteiger partial charge in [-0.2, -0.15) is 0 Å². The molecule has 1 aromatic heterocycles. The van der Waals surface area contributed by atoms with Crippen molar-refractivity contribution in [1.82, 2.24) is 15.2 Å². The van der Waals surface area contributed by atoms with Crippen LogP contribution in [-0.4, -0.2) is 36.1 Å². The largest absolute Gasteiger partial charge is 0.315 e. The SMILES string of the molecule is CNC1CCCC1N(C)Cc1ccccn1. The van der Waals surface area contributed by atoms with E-state index in [2.05, 4.69) is 41.4 Å². The van der Waals surface area contributed by atoms with Crippen molar-refractivity contribution in [1.29, 1.82) is 0 Å². The third-order valence-corrected chi connectivity index (χ3v) is 3.55. The Labute approximate surface area is 97.9 Å². The average molecular weight is 219 g/mol. The van der Waals surface area contributed by atoms with E-state index in [0.717, 1.165) is 12.2 Å². The first-order chi connectivity index (χ1) is 7.81. The van der Waals surface area contributed by atoms with Gasteiger partial charge >= 0.3 is 0 Å². The topological polar surface area (TPSA) is 28.2 Å². The highest BCUT2D eigenvalue weighted by molar-refractivity contribution is 5.04. The Kier molecular flexibility index (Phi) is 3.91. The highest BCUT2D eigenvalue weighted by atomic mass is 15.2. The Morgan fingerprint density at radius 1 is 1.44 bits per heavy atom. The summed E-state index contributed by atoms with van der Waals surface area (Å²) in [5.74, 6) is 0. The van der Waals surface area contributed by atoms with Gasteiger partial charge in [-0.15, -0.1) is 0 Å². The van der Waals surface area contributed by atoms with E-state index >= 15 is 0 Å². The normalized spacial score (nSPS) is 25.2. The zero-order valence-corrected chi connectivity index (χ0v) is 10.2. The van der Waals surface area contributed by atoms with Crippen LogP contribution in [0.25, 0.3) is 0 Å². The molecule has 0 bridgehead atoms. The number of hydrogen-bond acceptors (Lipinski definition) is 3. The summed E-state index contributed by atoms with van der Waals surface area (Å²) in [5.41, 5.74) is 1.16. The van der Waals surface area contributed by atoms with Crippen LogP contribution in [-0.2, 0) is 6.54 Å². The van der Waals surface area contributed by atoms with Gasteiger partial charge in [0.1, 0.15) is 0 Å². The number of likely N-dealkylation sites (N-methyl/N-ethyl adjacent to an activating group) is 2. The molecule has 16 heavy (non-hydrogen) atoms. The van der Waals surface area contributed by atoms with Crippen molar-refractivity contribution in [2.45, 2.75) is 37.9 Å². The van der Waals surface area contributed by atoms with Crippen molar-refractivity contribution in [3.63, 3.8) is 0 Å². The highest BCUT2D eigenvalue weighted by Gasteiger charge is 2.28. The molecule has 2 rings (SSSR count). The molecule has 0 spiro atoms. The van der Waals surface area contributed by atoms with Gasteiger partial charge in [0, 0.05) is 24.8 Å². The van der Waals surface area contributed by atoms with Gasteiger partial charge in [0.15, 0.2) is 0 Å². The lowest BCUT2D eigenvalue weighted by molar-refractivity contribution is 0.206. The van der Waals surface area contributed by atoms with Crippen LogP contribution in [0.15, 0.2) is 24.4 Å². The van der Waals surface area contributed by atoms with Crippen molar-refractivity contribution in [3.8, 4) is 0 Å². The number of nitrogens with one attached hydrogen (secondary N) is 1. The number of nitrogens with zero attached hydrogens (tertiary/aromatic N) is 2. The molecular formula is C13H21N3. The van der Waals surface area contributed by atoms with Gasteiger partial charge in [0.25, 0.3) is 0 Å². The van der Waals surface area contributed by atoms with Crippen molar-refractivity contribution in [2.24, 2.45) is 0 Å². The molecule has 88 valence electrons. The van der Waals surface area contributed by atoms with E-state index in [4.69, 9.17) is 0 Å². The van der Waals surface area contributed by atoms with Crippen molar-refractivity contribution < 1.29 is 0 Å². The molecule has 1 aliphatic carbocycles. The first-order valence-electron chi connectivity index (χ1n) is 6.08. The standard InChI is InChI=1S/C13H21N3/c1-14-12-7-5-8-13(12)16(2)10-11-6-3-4-9-15-11/h3-4,6,9,12-14H,5,7-8,10H2,1-2H3. The van der Waals surface area contributed by atoms with E-state index in [-0.39, 0.29) is 0 Å². The Morgan fingerprint density at radius 3 is 3.00 bits per heavy atom. The van der Waals surface area contributed by atoms with Crippen LogP contribution in [0.2, 0.25) is 0 Å². The second-order valence-corrected chi connectivity index (χ2v) is 4.63. The molecule has 2 atom stereocenters. The summed E-state index contributed by atoms with van der Waals surface area (Å²) in [5, 5.41) is 3.42. The van der Waals surface area contributed by atoms with Crippen LogP contribution < -0.4 is 5.32 Å². The molecule has 1 fully saturated rings. The summed E-state index contributed by atoms with van der Waals surface area (Å²) in [6, 6.07) is 7.43. The minimum atomic E-state index is 0.647. The molecule has 0 radical (unpaired) electrons. The zero-order valence-electron chi connectivity index (χ0n) is 10.2. The molecule has 3 heteroatoms. The molecule has 0 aromatic carbocycles. The fraction of sp³-hybridized carbons (Fsp3) is 0.615. The Bertz CT molecular complexity index is 312. The molecule has 1 aromatic rings. The monoisotopic (exact) mass is 219 g/mol. The minimum Gasteiger partial charge on any atom is -0.315 e. The molecule has 3 nitrogen and oxygen atoms in total. The van der Waals surface area contributed by atoms with Crippen molar-refractivity contribution in [2.75, 3.05) is 14.1 Å². The second kappa shape index (κ2) is 5.41. The van der Waals surface area contributed by atoms with Gasteiger partial charge < -0.3 is 5.32 Å². The maximum Gasteiger partial charge on any atom is 0.0543 e. The predicted octanol–water partition coefficient (Wildman–Crippen LogP) is 1.65. The van der Waals surface area contributed by atoms with E-state index in [1.54, 1.807) is 0 Å². The summed E-state index contributed by atoms with van der Waals surface area (Å²) in [7, 11) is 4.27. The van der Waals surface area contributed by atoms with Gasteiger partial charge in [0.05, 0.1) is 5.69 Å². The summed E-state index contributed by atoms with van der Waals surface area (Å²) in [6.07, 6.45) is 5.80. The fourth-order valence-corrected chi connectivity index (χ4v) is 2.67. The average Bonchev–Trinajstić information content (AvgIpc) is 2.78. The first-order valence-corrected chi connectivity index (χ1v) is 6.08. The second-order valence-electron chi connectivity index (χ2n) is 4.63. The Morgan fingerprint density at radius 2 is 2.31 bits per heavy atom. The van der Waals surface area contributed by atoms with Gasteiger partial charge in [-0.3, -0.25) is 9.88 Å². The smallest absolute Gasteiger partial charge is 0.0543 e. The third kappa shape index (κ3) is 2.60. The van der Waals surface area contributed by atoms with Crippen molar-refractivity contribution in [3.05, 3.63) is 30.1 Å². The van der Waals surface area contributed by atoms with Crippen LogP contribution >= 0.6 is 0 Å². The summed E-state index contributed by atoms with van der Waals surface area (Å²) < 4.78 is 0. The maximum atomic E-state index is 4.38. The molecule has 1 saturated carbocycles. The molecule has 1 heterocycles. The number of aromatic nitrogens is 1. The van der Waals surface area contributed by atoms with Gasteiger partial charge in [-0.25, -0.2) is 0 Å². The van der Waals surface area contributed by atoms with E-state index in [1.165, 1.54) is 19.3 Å². The summed E-state index contributed by atoms with van der Waals surface area (Å²) in [6.45, 7) is 0.948. The molecule has 0 saturated heterocycles. The fourth-order valence-electron chi connectivity index (χ4n) is 2.67. The molecule has 0 amide bonds. The van der Waals surface area contributed by atoms with Crippen molar-refractivity contribution >= 4 is 0 Å². The Hall–Kier alpha value is -0.930. The predicted molar refractivity (Wildman–Crippen MR) is 66.2 cm³/mol. The number of rotatable bonds is 4. The van der Waals surface area contributed by atoms with Crippen LogP contribution in [0, 0.1) is 0 Å². The van der Waals surface area contributed by atoms with E-state index in [0.29, 0.717) is 12.1 Å². The van der Waals surface area contributed by atoms with Crippen LogP contribution in [0.3, 0.4) is 0 Å². The molecular weight excluding hydrogens is 198 g/mol. The number of pyridine rings is 1. The quantitative estimate of drug-likeness (QED) is 0.834. The molecule has 1 aliphatic rings. The first kappa shape index (κ1) is 11.6. The lowest BCUT2D eigenvalue weighted by atomic mass is 10.1. The maximum absolute atomic E-state index is 4.38. The summed E-state index contributed by atoms with van der Waals surface area (Å²) >= 11 is 0. The summed E-state index contributed by atoms with van der Waals surface area (Å²) in [4.78, 5) is 6.81. The lowest BCUT2D eigenvalue weighted by Gasteiger charge is -2.29. The Balaban J connectivity index is 1.95. The van der Waals surface area contributed by atoms with Gasteiger partial charge in [-0.05, 0) is 39.1 Å². The van der Waals surface area contributed by atoms with E-state index in [1.807, 2.05) is 12.3 Å². The van der Waals surface area contributed by atoms with Crippen LogP contribution in [0.1, 0.15) is 25.0 Å². The van der Waals surface area contributed by atoms with Gasteiger partial charge in [-0.1, -0.05) is 12.5 Å². The van der Waals surface area contributed by atoms with Gasteiger partial charge in [0.2, 0.25) is 0 Å². The van der Waals surface area contributed by atoms with Crippen LogP contribution in [0.5, 0.6) is 0 Å². The molecule has 2 unspecified atom stereocenters. The highest BCUT2D eigenvalue weighted by Crippen LogP contribution is 2.23. The van der Waals surface area contributed by atoms with E-state index < -0.39 is 0 Å². The molecule has 1 N–H and O–H groups in total. The molecule has 0 aliphatic heterocycles. The third-order valence-electron chi connectivity index (χ3n) is 3.55. The zero-order chi connectivity index (χ0) is 11.4.